The first kappa shape index (κ1) is 92.2. The van der Waals surface area contributed by atoms with Crippen LogP contribution in [0.25, 0.3) is 0 Å². The van der Waals surface area contributed by atoms with Gasteiger partial charge in [0.05, 0.1) is 27.1 Å². The molecule has 636 valence electrons. The highest BCUT2D eigenvalue weighted by Gasteiger charge is 2.24. The van der Waals surface area contributed by atoms with Gasteiger partial charge >= 0.3 is 0 Å². The predicted octanol–water partition coefficient (Wildman–Crippen LogP) is 24.1. The van der Waals surface area contributed by atoms with Crippen molar-refractivity contribution in [2.75, 3.05) is 39.8 Å². The lowest BCUT2D eigenvalue weighted by Gasteiger charge is -2.24. The molecule has 3 N–H and O–H groups in total. The lowest BCUT2D eigenvalue weighted by molar-refractivity contribution is -0.131. The molecule has 0 fully saturated rings. The largest absolute Gasteiger partial charge is 0.508 e. The molecule has 0 aromatic heterocycles. The Morgan fingerprint density at radius 3 is 0.868 bits per heavy atom. The van der Waals surface area contributed by atoms with Crippen LogP contribution in [-0.2, 0) is 102 Å². The van der Waals surface area contributed by atoms with Crippen LogP contribution in [0.2, 0.25) is 0 Å². The quantitative estimate of drug-likeness (QED) is 0.0596. The molecule has 0 saturated carbocycles. The van der Waals surface area contributed by atoms with Crippen LogP contribution in [-0.4, -0.2) is 106 Å². The summed E-state index contributed by atoms with van der Waals surface area (Å²) in [6.07, 6.45) is 26.0. The summed E-state index contributed by atoms with van der Waals surface area (Å²) in [5.74, 6) is 2.20. The van der Waals surface area contributed by atoms with Crippen LogP contribution >= 0.6 is 48.9 Å². The van der Waals surface area contributed by atoms with E-state index in [0.29, 0.717) is 30.2 Å². The summed E-state index contributed by atoms with van der Waals surface area (Å²) in [5.41, 5.74) is 28.0. The average molecular weight is 1690 g/mol. The number of aryl methyl sites for hydroxylation is 16. The van der Waals surface area contributed by atoms with E-state index in [-0.39, 0.29) is 5.91 Å². The van der Waals surface area contributed by atoms with Crippen molar-refractivity contribution in [3.63, 3.8) is 0 Å². The van der Waals surface area contributed by atoms with Gasteiger partial charge in [-0.15, -0.1) is 0 Å². The zero-order chi connectivity index (χ0) is 85.4. The molecule has 0 saturated heterocycles. The van der Waals surface area contributed by atoms with Crippen LogP contribution in [0.3, 0.4) is 0 Å². The number of carbonyl (C=O) groups is 1. The number of phenols is 3. The topological polar surface area (TPSA) is 103 Å². The maximum atomic E-state index is 12.5. The van der Waals surface area contributed by atoms with Crippen LogP contribution < -0.4 is 4.74 Å². The molecule has 10 aromatic carbocycles. The van der Waals surface area contributed by atoms with Gasteiger partial charge in [0.1, 0.15) is 23.0 Å². The Balaban J connectivity index is 0.000000148. The van der Waals surface area contributed by atoms with Gasteiger partial charge in [0.15, 0.2) is 0 Å². The second-order valence-corrected chi connectivity index (χ2v) is 35.9. The van der Waals surface area contributed by atoms with Crippen molar-refractivity contribution >= 4 is 74.7 Å². The fourth-order valence-corrected chi connectivity index (χ4v) is 18.0. The monoisotopic (exact) mass is 1690 g/mol. The van der Waals surface area contributed by atoms with E-state index in [2.05, 4.69) is 225 Å². The van der Waals surface area contributed by atoms with Crippen molar-refractivity contribution in [1.29, 1.82) is 0 Å². The molecule has 5 aliphatic heterocycles. The lowest BCUT2D eigenvalue weighted by atomic mass is 10.0. The number of ether oxygens (including phenoxy) is 1. The Morgan fingerprint density at radius 1 is 0.281 bits per heavy atom. The van der Waals surface area contributed by atoms with E-state index >= 15 is 0 Å². The molecule has 0 bridgehead atoms. The van der Waals surface area contributed by atoms with Gasteiger partial charge in [-0.2, -0.15) is 0 Å². The molecule has 0 atom stereocenters. The van der Waals surface area contributed by atoms with E-state index in [4.69, 9.17) is 53.6 Å². The molecule has 0 aliphatic carbocycles. The van der Waals surface area contributed by atoms with Gasteiger partial charge in [0, 0.05) is 71.9 Å². The zero-order valence-corrected chi connectivity index (χ0v) is 76.2. The smallest absolute Gasteiger partial charge is 0.222 e. The standard InChI is InChI=1S/C22H27NOS.C22H27NS.C21H25NO2.2C21H25NOS/c1-17-8-10-18(11-9-17)5-3-7-22(25)23-14-4-6-19-12-13-21(24-2)15-20(19)16-23;1-17-8-11-19(12-9-17)5-3-7-22(24)23-14-4-6-20-15-18(2)10-13-21(20)16-23;2*1-16-7-9-17(10-8-16)4-2-6-21(24)22-13-3-5-18-14-20(23)12-11-19(18)15-22;1-16-7-9-17(10-8-16)4-2-6-21(24)22-13-3-5-18-11-12-20(23)14-19(18)15-22/h8-13,15H,3-7,14,16H2,1-2H3;8-13,15H,3-7,14,16H2,1-2H3;3*7-12,14,23H,2-6,13,15H2,1H3. The number of hydrogen-bond donors (Lipinski definition) is 3. The van der Waals surface area contributed by atoms with Gasteiger partial charge in [-0.3, -0.25) is 4.79 Å². The number of benzene rings is 10. The third-order valence-corrected chi connectivity index (χ3v) is 26.0. The number of thiocarbonyl (C=S) groups is 4. The Kier molecular flexibility index (Phi) is 36.4. The molecule has 1 amide bonds. The van der Waals surface area contributed by atoms with Crippen LogP contribution in [0, 0.1) is 41.5 Å². The van der Waals surface area contributed by atoms with Gasteiger partial charge in [-0.1, -0.05) is 246 Å². The maximum absolute atomic E-state index is 12.5. The third kappa shape index (κ3) is 30.2. The summed E-state index contributed by atoms with van der Waals surface area (Å²) in [5, 5.41) is 29.0. The van der Waals surface area contributed by atoms with Gasteiger partial charge in [0.2, 0.25) is 5.91 Å². The Bertz CT molecular complexity index is 4710. The molecule has 10 aromatic rings. The highest BCUT2D eigenvalue weighted by Crippen LogP contribution is 2.31. The first-order valence-corrected chi connectivity index (χ1v) is 46.1. The molecule has 15 rings (SSSR count). The van der Waals surface area contributed by atoms with E-state index < -0.39 is 0 Å². The van der Waals surface area contributed by atoms with Crippen LogP contribution in [0.1, 0.15) is 213 Å². The van der Waals surface area contributed by atoms with Crippen molar-refractivity contribution < 1.29 is 24.9 Å². The number of methoxy groups -OCH3 is 1. The van der Waals surface area contributed by atoms with E-state index in [1.807, 2.05) is 35.2 Å². The predicted molar refractivity (Wildman–Crippen MR) is 518 cm³/mol. The number of nitrogens with zero attached hydrogens (tertiary/aromatic N) is 5. The molecular formula is C107H129N5O5S4. The molecule has 0 radical (unpaired) electrons. The lowest BCUT2D eigenvalue weighted by Crippen LogP contribution is -2.30. The average Bonchev–Trinajstić information content (AvgIpc) is 1.67. The van der Waals surface area contributed by atoms with E-state index in [1.54, 1.807) is 25.3 Å². The normalized spacial score (nSPS) is 14.1. The zero-order valence-electron chi connectivity index (χ0n) is 73.0. The summed E-state index contributed by atoms with van der Waals surface area (Å²) in [6, 6.07) is 74.0. The SMILES string of the molecule is COc1ccc2c(c1)CN(C(=S)CCCc1ccc(C)cc1)CCC2.Cc1ccc(CCCC(=O)N2CCCc3cc(O)ccc3C2)cc1.Cc1ccc(CCCC(=S)N2CCCc3cc(C)ccc3C2)cc1.Cc1ccc(CCCC(=S)N2CCCc3cc(O)ccc3C2)cc1.Cc1ccc(CCCC(=S)N2CCCc3ccc(O)cc3C2)cc1. The van der Waals surface area contributed by atoms with Crippen molar-refractivity contribution in [2.24, 2.45) is 0 Å². The van der Waals surface area contributed by atoms with Crippen LogP contribution in [0.4, 0.5) is 0 Å². The molecule has 10 nitrogen and oxygen atoms in total. The van der Waals surface area contributed by atoms with Gasteiger partial charge in [0.25, 0.3) is 0 Å². The highest BCUT2D eigenvalue weighted by molar-refractivity contribution is 7.80. The van der Waals surface area contributed by atoms with E-state index in [9.17, 15) is 20.1 Å². The fraction of sp³-hybridized carbons (Fsp3) is 0.393. The number of phenolic OH excluding ortho intramolecular Hbond substituents is 3. The minimum absolute atomic E-state index is 0.239. The molecule has 0 spiro atoms. The number of aromatic hydroxyl groups is 3. The number of hydrogen-bond acceptors (Lipinski definition) is 9. The summed E-state index contributed by atoms with van der Waals surface area (Å²) in [7, 11) is 1.73. The first-order valence-electron chi connectivity index (χ1n) is 44.5. The van der Waals surface area contributed by atoms with Crippen LogP contribution in [0.5, 0.6) is 23.0 Å². The van der Waals surface area contributed by atoms with Gasteiger partial charge in [-0.25, -0.2) is 0 Å². The van der Waals surface area contributed by atoms with Crippen molar-refractivity contribution in [2.45, 2.75) is 235 Å². The second kappa shape index (κ2) is 47.7. The van der Waals surface area contributed by atoms with Crippen molar-refractivity contribution in [3.05, 3.63) is 329 Å². The molecular weight excluding hydrogens is 1560 g/mol. The highest BCUT2D eigenvalue weighted by atomic mass is 32.1. The number of fused-ring (bicyclic) bond motifs is 5. The fourth-order valence-electron chi connectivity index (χ4n) is 16.8. The third-order valence-electron chi connectivity index (χ3n) is 24.2. The van der Waals surface area contributed by atoms with E-state index in [1.165, 1.54) is 124 Å². The summed E-state index contributed by atoms with van der Waals surface area (Å²) in [4.78, 5) is 28.3. The first-order chi connectivity index (χ1) is 58.6. The summed E-state index contributed by atoms with van der Waals surface area (Å²) in [6.45, 7) is 22.0. The second-order valence-electron chi connectivity index (χ2n) is 34.1. The van der Waals surface area contributed by atoms with Crippen LogP contribution in [0.15, 0.2) is 212 Å². The molecule has 121 heavy (non-hydrogen) atoms. The van der Waals surface area contributed by atoms with Crippen molar-refractivity contribution in [3.8, 4) is 23.0 Å². The molecule has 0 unspecified atom stereocenters. The minimum Gasteiger partial charge on any atom is -0.508 e. The molecule has 14 heteroatoms. The minimum atomic E-state index is 0.239. The number of rotatable bonds is 21. The number of carbonyl (C=O) groups excluding carboxylic acids is 1. The molecule has 5 heterocycles. The van der Waals surface area contributed by atoms with Crippen molar-refractivity contribution in [1.82, 2.24) is 24.5 Å². The number of amides is 1. The maximum Gasteiger partial charge on any atom is 0.222 e. The Hall–Kier alpha value is -9.57. The summed E-state index contributed by atoms with van der Waals surface area (Å²) < 4.78 is 5.39. The van der Waals surface area contributed by atoms with Gasteiger partial charge in [-0.05, 0) is 328 Å². The van der Waals surface area contributed by atoms with E-state index in [0.717, 1.165) is 231 Å². The Labute approximate surface area is 745 Å². The Morgan fingerprint density at radius 2 is 0.529 bits per heavy atom. The molecule has 5 aliphatic rings. The summed E-state index contributed by atoms with van der Waals surface area (Å²) >= 11 is 22.9. The van der Waals surface area contributed by atoms with Gasteiger partial charge < -0.3 is 44.6 Å².